The molecule has 1 aliphatic carbocycles. The molecule has 30 heavy (non-hydrogen) atoms. The monoisotopic (exact) mass is 412 g/mol. The summed E-state index contributed by atoms with van der Waals surface area (Å²) in [4.78, 5) is 11.9. The van der Waals surface area contributed by atoms with Crippen LogP contribution in [0, 0.1) is 19.8 Å². The molecular weight excluding hydrogens is 376 g/mol. The van der Waals surface area contributed by atoms with Gasteiger partial charge in [-0.25, -0.2) is 9.97 Å². The summed E-state index contributed by atoms with van der Waals surface area (Å²) in [6, 6.07) is 0.570. The van der Waals surface area contributed by atoms with Crippen LogP contribution in [0.15, 0.2) is 6.33 Å². The Hall–Kier alpha value is -1.66. The Morgan fingerprint density at radius 3 is 2.57 bits per heavy atom. The van der Waals surface area contributed by atoms with Gasteiger partial charge in [-0.3, -0.25) is 0 Å². The van der Waals surface area contributed by atoms with Crippen LogP contribution < -0.4 is 4.74 Å². The lowest BCUT2D eigenvalue weighted by Crippen LogP contribution is -2.40. The highest BCUT2D eigenvalue weighted by Crippen LogP contribution is 2.37. The number of likely N-dealkylation sites (tertiary alicyclic amines) is 1. The van der Waals surface area contributed by atoms with Crippen molar-refractivity contribution in [3.8, 4) is 5.88 Å². The highest BCUT2D eigenvalue weighted by Gasteiger charge is 2.27. The van der Waals surface area contributed by atoms with Crippen LogP contribution in [-0.2, 0) is 4.74 Å². The lowest BCUT2D eigenvalue weighted by atomic mass is 9.95. The van der Waals surface area contributed by atoms with Crippen LogP contribution in [-0.4, -0.2) is 58.4 Å². The molecule has 6 heteroatoms. The van der Waals surface area contributed by atoms with Crippen LogP contribution in [0.3, 0.4) is 0 Å². The molecule has 0 bridgehead atoms. The molecule has 1 saturated carbocycles. The van der Waals surface area contributed by atoms with Crippen molar-refractivity contribution in [1.82, 2.24) is 19.4 Å². The Morgan fingerprint density at radius 1 is 1.03 bits per heavy atom. The predicted octanol–water partition coefficient (Wildman–Crippen LogP) is 4.43. The van der Waals surface area contributed by atoms with E-state index in [1.54, 1.807) is 6.33 Å². The van der Waals surface area contributed by atoms with E-state index >= 15 is 0 Å². The van der Waals surface area contributed by atoms with Gasteiger partial charge in [-0.05, 0) is 57.4 Å². The second-order valence-electron chi connectivity index (χ2n) is 9.60. The molecule has 3 aliphatic rings. The minimum atomic E-state index is 0.247. The van der Waals surface area contributed by atoms with Gasteiger partial charge in [-0.2, -0.15) is 0 Å². The van der Waals surface area contributed by atoms with Crippen LogP contribution in [0.4, 0.5) is 0 Å². The van der Waals surface area contributed by atoms with Crippen LogP contribution in [0.1, 0.15) is 68.7 Å². The molecule has 0 spiro atoms. The van der Waals surface area contributed by atoms with Crippen LogP contribution in [0.5, 0.6) is 5.88 Å². The number of nitrogens with zero attached hydrogens (tertiary/aromatic N) is 4. The Bertz CT molecular complexity index is 860. The summed E-state index contributed by atoms with van der Waals surface area (Å²) in [6.45, 7) is 9.71. The number of fused-ring (bicyclic) bond motifs is 1. The van der Waals surface area contributed by atoms with E-state index in [1.165, 1.54) is 56.3 Å². The quantitative estimate of drug-likeness (QED) is 0.727. The number of rotatable bonds is 5. The molecule has 164 valence electrons. The van der Waals surface area contributed by atoms with Crippen LogP contribution in [0.2, 0.25) is 0 Å². The van der Waals surface area contributed by atoms with E-state index in [4.69, 9.17) is 14.5 Å². The molecule has 5 rings (SSSR count). The molecule has 1 unspecified atom stereocenters. The van der Waals surface area contributed by atoms with E-state index in [1.807, 2.05) is 0 Å². The SMILES string of the molecule is Cc1c(C)n(C2CCCCC2)c2ncnc(OC3CCN(CC4CCOC4)CC3)c12. The number of aryl methyl sites for hydroxylation is 1. The summed E-state index contributed by atoms with van der Waals surface area (Å²) in [5.41, 5.74) is 3.68. The molecule has 0 N–H and O–H groups in total. The maximum atomic E-state index is 6.51. The van der Waals surface area contributed by atoms with Crippen LogP contribution in [0.25, 0.3) is 11.0 Å². The summed E-state index contributed by atoms with van der Waals surface area (Å²) in [5.74, 6) is 1.51. The topological polar surface area (TPSA) is 52.4 Å². The number of hydrogen-bond donors (Lipinski definition) is 0. The van der Waals surface area contributed by atoms with E-state index in [0.717, 1.165) is 56.1 Å². The third kappa shape index (κ3) is 3.96. The second-order valence-corrected chi connectivity index (χ2v) is 9.60. The first-order chi connectivity index (χ1) is 14.7. The molecule has 3 fully saturated rings. The van der Waals surface area contributed by atoms with Crippen molar-refractivity contribution in [3.63, 3.8) is 0 Å². The molecule has 4 heterocycles. The first-order valence-corrected chi connectivity index (χ1v) is 12.0. The Labute approximate surface area is 180 Å². The predicted molar refractivity (Wildman–Crippen MR) is 118 cm³/mol. The highest BCUT2D eigenvalue weighted by molar-refractivity contribution is 5.86. The smallest absolute Gasteiger partial charge is 0.226 e. The molecule has 2 saturated heterocycles. The first kappa shape index (κ1) is 20.3. The minimum Gasteiger partial charge on any atom is -0.474 e. The van der Waals surface area contributed by atoms with E-state index in [-0.39, 0.29) is 6.10 Å². The molecule has 2 aromatic heterocycles. The maximum Gasteiger partial charge on any atom is 0.226 e. The molecule has 2 aliphatic heterocycles. The van der Waals surface area contributed by atoms with Gasteiger partial charge in [-0.15, -0.1) is 0 Å². The fraction of sp³-hybridized carbons (Fsp3) is 0.750. The van der Waals surface area contributed by atoms with Crippen molar-refractivity contribution in [2.24, 2.45) is 5.92 Å². The normalized spacial score (nSPS) is 24.7. The summed E-state index contributed by atoms with van der Waals surface area (Å²) in [5, 5.41) is 1.13. The third-order valence-corrected chi connectivity index (χ3v) is 7.59. The van der Waals surface area contributed by atoms with Gasteiger partial charge in [0.25, 0.3) is 0 Å². The number of piperidine rings is 1. The molecule has 6 nitrogen and oxygen atoms in total. The van der Waals surface area contributed by atoms with Gasteiger partial charge in [0.05, 0.1) is 12.0 Å². The van der Waals surface area contributed by atoms with Gasteiger partial charge in [0, 0.05) is 38.0 Å². The molecular formula is C24H36N4O2. The lowest BCUT2D eigenvalue weighted by molar-refractivity contribution is 0.0861. The van der Waals surface area contributed by atoms with E-state index in [2.05, 4.69) is 28.3 Å². The largest absolute Gasteiger partial charge is 0.474 e. The van der Waals surface area contributed by atoms with Gasteiger partial charge >= 0.3 is 0 Å². The maximum absolute atomic E-state index is 6.51. The second kappa shape index (κ2) is 8.83. The number of aromatic nitrogens is 3. The van der Waals surface area contributed by atoms with Crippen molar-refractivity contribution >= 4 is 11.0 Å². The average Bonchev–Trinajstić information content (AvgIpc) is 3.37. The molecule has 0 radical (unpaired) electrons. The van der Waals surface area contributed by atoms with Gasteiger partial charge in [-0.1, -0.05) is 19.3 Å². The van der Waals surface area contributed by atoms with Crippen molar-refractivity contribution in [1.29, 1.82) is 0 Å². The van der Waals surface area contributed by atoms with Gasteiger partial charge < -0.3 is 18.9 Å². The first-order valence-electron chi connectivity index (χ1n) is 12.0. The standard InChI is InChI=1S/C24H36N4O2/c1-17-18(2)28(20-6-4-3-5-7-20)23-22(17)24(26-16-25-23)30-21-8-11-27(12-9-21)14-19-10-13-29-15-19/h16,19-21H,3-15H2,1-2H3. The minimum absolute atomic E-state index is 0.247. The summed E-state index contributed by atoms with van der Waals surface area (Å²) >= 11 is 0. The zero-order chi connectivity index (χ0) is 20.5. The fourth-order valence-corrected chi connectivity index (χ4v) is 5.73. The van der Waals surface area contributed by atoms with E-state index in [9.17, 15) is 0 Å². The molecule has 2 aromatic rings. The number of ether oxygens (including phenoxy) is 2. The Kier molecular flexibility index (Phi) is 5.96. The lowest BCUT2D eigenvalue weighted by Gasteiger charge is -2.33. The van der Waals surface area contributed by atoms with Crippen molar-refractivity contribution in [3.05, 3.63) is 17.6 Å². The van der Waals surface area contributed by atoms with Crippen molar-refractivity contribution in [2.75, 3.05) is 32.8 Å². The molecule has 0 aromatic carbocycles. The zero-order valence-corrected chi connectivity index (χ0v) is 18.6. The summed E-state index contributed by atoms with van der Waals surface area (Å²) in [6.07, 6.45) is 11.8. The Morgan fingerprint density at radius 2 is 1.83 bits per heavy atom. The van der Waals surface area contributed by atoms with Crippen LogP contribution >= 0.6 is 0 Å². The van der Waals surface area contributed by atoms with Crippen molar-refractivity contribution < 1.29 is 9.47 Å². The van der Waals surface area contributed by atoms with E-state index in [0.29, 0.717) is 12.0 Å². The average molecular weight is 413 g/mol. The molecule has 0 amide bonds. The highest BCUT2D eigenvalue weighted by atomic mass is 16.5. The molecule has 1 atom stereocenters. The fourth-order valence-electron chi connectivity index (χ4n) is 5.73. The zero-order valence-electron chi connectivity index (χ0n) is 18.6. The van der Waals surface area contributed by atoms with Gasteiger partial charge in [0.15, 0.2) is 0 Å². The summed E-state index contributed by atoms with van der Waals surface area (Å²) in [7, 11) is 0. The Balaban J connectivity index is 1.30. The van der Waals surface area contributed by atoms with Gasteiger partial charge in [0.1, 0.15) is 18.1 Å². The van der Waals surface area contributed by atoms with E-state index < -0.39 is 0 Å². The summed E-state index contributed by atoms with van der Waals surface area (Å²) < 4.78 is 14.5. The van der Waals surface area contributed by atoms with Crippen molar-refractivity contribution in [2.45, 2.75) is 77.4 Å². The van der Waals surface area contributed by atoms with Gasteiger partial charge in [0.2, 0.25) is 5.88 Å². The number of hydrogen-bond acceptors (Lipinski definition) is 5. The third-order valence-electron chi connectivity index (χ3n) is 7.59.